The summed E-state index contributed by atoms with van der Waals surface area (Å²) in [5.74, 6) is 0. The van der Waals surface area contributed by atoms with E-state index in [2.05, 4.69) is 38.8 Å². The van der Waals surface area contributed by atoms with E-state index in [1.54, 1.807) is 0 Å². The summed E-state index contributed by atoms with van der Waals surface area (Å²) in [5, 5.41) is 9.28. The van der Waals surface area contributed by atoms with Crippen molar-refractivity contribution in [3.63, 3.8) is 0 Å². The molecule has 0 bridgehead atoms. The Hall–Kier alpha value is -1.86. The van der Waals surface area contributed by atoms with Gasteiger partial charge in [-0.2, -0.15) is 5.26 Å². The molecule has 0 aliphatic carbocycles. The molecule has 2 rings (SSSR count). The van der Waals surface area contributed by atoms with Crippen molar-refractivity contribution in [3.8, 4) is 6.07 Å². The minimum Gasteiger partial charge on any atom is -0.365 e. The van der Waals surface area contributed by atoms with E-state index < -0.39 is 0 Å². The Morgan fingerprint density at radius 1 is 1.30 bits per heavy atom. The van der Waals surface area contributed by atoms with Crippen LogP contribution in [-0.2, 0) is 6.54 Å². The van der Waals surface area contributed by atoms with Gasteiger partial charge in [0.25, 0.3) is 0 Å². The Kier molecular flexibility index (Phi) is 4.75. The molecule has 0 aliphatic rings. The summed E-state index contributed by atoms with van der Waals surface area (Å²) in [7, 11) is 0. The minimum atomic E-state index is 0.675. The van der Waals surface area contributed by atoms with Crippen LogP contribution in [0.5, 0.6) is 0 Å². The smallest absolute Gasteiger partial charge is 0.101 e. The predicted molar refractivity (Wildman–Crippen MR) is 84.6 cm³/mol. The summed E-state index contributed by atoms with van der Waals surface area (Å²) in [4.78, 5) is 6.69. The van der Waals surface area contributed by atoms with Crippen LogP contribution in [0.1, 0.15) is 23.9 Å². The van der Waals surface area contributed by atoms with Crippen molar-refractivity contribution in [1.82, 2.24) is 4.98 Å². The van der Waals surface area contributed by atoms with Gasteiger partial charge in [0.15, 0.2) is 0 Å². The number of halogens is 1. The van der Waals surface area contributed by atoms with Crippen molar-refractivity contribution < 1.29 is 0 Å². The number of hydrogen-bond donors (Lipinski definition) is 0. The van der Waals surface area contributed by atoms with E-state index in [4.69, 9.17) is 0 Å². The highest BCUT2D eigenvalue weighted by Gasteiger charge is 2.11. The molecule has 0 amide bonds. The molecule has 0 radical (unpaired) electrons. The lowest BCUT2D eigenvalue weighted by Gasteiger charge is -2.24. The second kappa shape index (κ2) is 6.53. The van der Waals surface area contributed by atoms with Gasteiger partial charge in [0.1, 0.15) is 6.07 Å². The van der Waals surface area contributed by atoms with E-state index in [-0.39, 0.29) is 0 Å². The summed E-state index contributed by atoms with van der Waals surface area (Å²) in [6.07, 6.45) is 0. The van der Waals surface area contributed by atoms with Crippen LogP contribution in [-0.4, -0.2) is 11.5 Å². The summed E-state index contributed by atoms with van der Waals surface area (Å²) >= 11 is 3.40. The zero-order valence-electron chi connectivity index (χ0n) is 11.6. The van der Waals surface area contributed by atoms with Crippen molar-refractivity contribution in [2.75, 3.05) is 11.4 Å². The van der Waals surface area contributed by atoms with E-state index in [1.165, 1.54) is 0 Å². The number of hydrogen-bond acceptors (Lipinski definition) is 3. The molecular formula is C16H16BrN3. The Morgan fingerprint density at radius 2 is 2.10 bits per heavy atom. The van der Waals surface area contributed by atoms with Crippen LogP contribution in [0.15, 0.2) is 40.9 Å². The van der Waals surface area contributed by atoms with Crippen molar-refractivity contribution in [1.29, 1.82) is 5.26 Å². The van der Waals surface area contributed by atoms with Gasteiger partial charge in [-0.05, 0) is 44.2 Å². The van der Waals surface area contributed by atoms with Gasteiger partial charge in [-0.15, -0.1) is 0 Å². The van der Waals surface area contributed by atoms with E-state index in [0.717, 1.165) is 28.1 Å². The molecule has 4 heteroatoms. The molecule has 3 nitrogen and oxygen atoms in total. The number of rotatable bonds is 4. The highest BCUT2D eigenvalue weighted by Crippen LogP contribution is 2.25. The first-order valence-corrected chi connectivity index (χ1v) is 7.30. The summed E-state index contributed by atoms with van der Waals surface area (Å²) < 4.78 is 0.919. The molecule has 0 aliphatic heterocycles. The van der Waals surface area contributed by atoms with Gasteiger partial charge in [0, 0.05) is 16.7 Å². The number of aromatic nitrogens is 1. The predicted octanol–water partition coefficient (Wildman–Crippen LogP) is 4.05. The fourth-order valence-electron chi connectivity index (χ4n) is 2.12. The maximum absolute atomic E-state index is 9.28. The fraction of sp³-hybridized carbons (Fsp3) is 0.250. The van der Waals surface area contributed by atoms with Crippen LogP contribution < -0.4 is 4.90 Å². The quantitative estimate of drug-likeness (QED) is 0.849. The summed E-state index contributed by atoms with van der Waals surface area (Å²) in [5.41, 5.74) is 3.64. The van der Waals surface area contributed by atoms with E-state index >= 15 is 0 Å². The number of nitrogens with zero attached hydrogens (tertiary/aromatic N) is 3. The Bertz CT molecular complexity index is 646. The van der Waals surface area contributed by atoms with Gasteiger partial charge in [0.05, 0.1) is 23.5 Å². The monoisotopic (exact) mass is 329 g/mol. The van der Waals surface area contributed by atoms with Crippen molar-refractivity contribution in [3.05, 3.63) is 57.8 Å². The molecule has 0 spiro atoms. The maximum Gasteiger partial charge on any atom is 0.101 e. The highest BCUT2D eigenvalue weighted by molar-refractivity contribution is 9.10. The standard InChI is InChI=1S/C16H16BrN3/c1-3-20(11-15-6-4-5-12(2)19-15)16-8-7-14(17)9-13(16)10-18/h4-9H,3,11H2,1-2H3. The van der Waals surface area contributed by atoms with Crippen molar-refractivity contribution in [2.45, 2.75) is 20.4 Å². The SMILES string of the molecule is CCN(Cc1cccc(C)n1)c1ccc(Br)cc1C#N. The second-order valence-corrected chi connectivity index (χ2v) is 5.47. The third-order valence-electron chi connectivity index (χ3n) is 3.10. The van der Waals surface area contributed by atoms with Gasteiger partial charge in [-0.25, -0.2) is 0 Å². The molecule has 1 aromatic heterocycles. The van der Waals surface area contributed by atoms with Crippen LogP contribution in [0, 0.1) is 18.3 Å². The molecule has 102 valence electrons. The first-order valence-electron chi connectivity index (χ1n) is 6.51. The molecule has 1 aromatic carbocycles. The van der Waals surface area contributed by atoms with Gasteiger partial charge >= 0.3 is 0 Å². The molecule has 1 heterocycles. The van der Waals surface area contributed by atoms with Crippen LogP contribution in [0.25, 0.3) is 0 Å². The molecule has 0 unspecified atom stereocenters. The summed E-state index contributed by atoms with van der Waals surface area (Å²) in [6, 6.07) is 14.1. The first kappa shape index (κ1) is 14.5. The zero-order chi connectivity index (χ0) is 14.5. The van der Waals surface area contributed by atoms with Crippen molar-refractivity contribution in [2.24, 2.45) is 0 Å². The lowest BCUT2D eigenvalue weighted by molar-refractivity contribution is 0.804. The number of aryl methyl sites for hydroxylation is 1. The van der Waals surface area contributed by atoms with Crippen LogP contribution >= 0.6 is 15.9 Å². The minimum absolute atomic E-state index is 0.675. The number of nitriles is 1. The molecule has 0 saturated carbocycles. The molecule has 0 fully saturated rings. The zero-order valence-corrected chi connectivity index (χ0v) is 13.2. The van der Waals surface area contributed by atoms with Crippen LogP contribution in [0.3, 0.4) is 0 Å². The normalized spacial score (nSPS) is 10.1. The second-order valence-electron chi connectivity index (χ2n) is 4.56. The van der Waals surface area contributed by atoms with Gasteiger partial charge < -0.3 is 4.90 Å². The lowest BCUT2D eigenvalue weighted by Crippen LogP contribution is -2.23. The first-order chi connectivity index (χ1) is 9.63. The molecule has 20 heavy (non-hydrogen) atoms. The van der Waals surface area contributed by atoms with E-state index in [1.807, 2.05) is 43.3 Å². The van der Waals surface area contributed by atoms with Gasteiger partial charge in [-0.1, -0.05) is 22.0 Å². The molecule has 0 N–H and O–H groups in total. The largest absolute Gasteiger partial charge is 0.365 e. The highest BCUT2D eigenvalue weighted by atomic mass is 79.9. The third kappa shape index (κ3) is 3.37. The van der Waals surface area contributed by atoms with Gasteiger partial charge in [0.2, 0.25) is 0 Å². The molecule has 0 atom stereocenters. The Balaban J connectivity index is 2.31. The Labute approximate surface area is 128 Å². The average molecular weight is 330 g/mol. The maximum atomic E-state index is 9.28. The number of benzene rings is 1. The lowest BCUT2D eigenvalue weighted by atomic mass is 10.1. The van der Waals surface area contributed by atoms with Crippen LogP contribution in [0.2, 0.25) is 0 Å². The average Bonchev–Trinajstić information content (AvgIpc) is 2.45. The van der Waals surface area contributed by atoms with Crippen molar-refractivity contribution >= 4 is 21.6 Å². The van der Waals surface area contributed by atoms with Crippen LogP contribution in [0.4, 0.5) is 5.69 Å². The molecule has 0 saturated heterocycles. The summed E-state index contributed by atoms with van der Waals surface area (Å²) in [6.45, 7) is 5.60. The third-order valence-corrected chi connectivity index (χ3v) is 3.59. The molecular weight excluding hydrogens is 314 g/mol. The fourth-order valence-corrected chi connectivity index (χ4v) is 2.49. The number of anilines is 1. The Morgan fingerprint density at radius 3 is 2.75 bits per heavy atom. The number of pyridine rings is 1. The topological polar surface area (TPSA) is 39.9 Å². The van der Waals surface area contributed by atoms with Gasteiger partial charge in [-0.3, -0.25) is 4.98 Å². The molecule has 2 aromatic rings. The van der Waals surface area contributed by atoms with E-state index in [9.17, 15) is 5.26 Å². The van der Waals surface area contributed by atoms with E-state index in [0.29, 0.717) is 12.1 Å².